The molecule has 1 aliphatic rings. The molecule has 1 atom stereocenters. The maximum Gasteiger partial charge on any atom is 0.153 e. The second kappa shape index (κ2) is 5.02. The number of rotatable bonds is 7. The van der Waals surface area contributed by atoms with E-state index in [1.54, 1.807) is 13.8 Å². The quantitative estimate of drug-likeness (QED) is 0.690. The largest absolute Gasteiger partial charge is 0.312 e. The van der Waals surface area contributed by atoms with E-state index < -0.39 is 14.6 Å². The molecule has 16 heavy (non-hydrogen) atoms. The molecule has 0 aromatic rings. The van der Waals surface area contributed by atoms with Gasteiger partial charge in [0.05, 0.1) is 4.75 Å². The predicted molar refractivity (Wildman–Crippen MR) is 67.4 cm³/mol. The Hall–Kier alpha value is -0.130. The molecule has 0 radical (unpaired) electrons. The monoisotopic (exact) mass is 248 g/mol. The highest BCUT2D eigenvalue weighted by Gasteiger charge is 2.30. The van der Waals surface area contributed by atoms with Crippen LogP contribution < -0.4 is 10.6 Å². The van der Waals surface area contributed by atoms with E-state index in [2.05, 4.69) is 17.6 Å². The van der Waals surface area contributed by atoms with Gasteiger partial charge in [0, 0.05) is 31.4 Å². The summed E-state index contributed by atoms with van der Waals surface area (Å²) in [7, 11) is -3.00. The molecule has 1 aliphatic carbocycles. The molecule has 1 saturated carbocycles. The highest BCUT2D eigenvalue weighted by Crippen LogP contribution is 2.18. The Bertz CT molecular complexity index is 321. The Morgan fingerprint density at radius 1 is 1.38 bits per heavy atom. The van der Waals surface area contributed by atoms with Gasteiger partial charge in [-0.3, -0.25) is 0 Å². The van der Waals surface area contributed by atoms with E-state index in [-0.39, 0.29) is 0 Å². The van der Waals surface area contributed by atoms with Crippen molar-refractivity contribution in [1.29, 1.82) is 0 Å². The van der Waals surface area contributed by atoms with E-state index >= 15 is 0 Å². The average molecular weight is 248 g/mol. The van der Waals surface area contributed by atoms with Crippen LogP contribution in [0.3, 0.4) is 0 Å². The van der Waals surface area contributed by atoms with Gasteiger partial charge in [-0.05, 0) is 33.6 Å². The van der Waals surface area contributed by atoms with Gasteiger partial charge in [-0.15, -0.1) is 0 Å². The van der Waals surface area contributed by atoms with Crippen LogP contribution in [0.2, 0.25) is 0 Å². The number of hydrogen-bond donors (Lipinski definition) is 2. The molecule has 0 bridgehead atoms. The molecule has 0 spiro atoms. The molecule has 96 valence electrons. The fourth-order valence-corrected chi connectivity index (χ4v) is 1.60. The lowest BCUT2D eigenvalue weighted by atomic mass is 10.2. The summed E-state index contributed by atoms with van der Waals surface area (Å²) in [5.74, 6) is 0. The second-order valence-corrected chi connectivity index (χ2v) is 8.15. The summed E-state index contributed by atoms with van der Waals surface area (Å²) < 4.78 is 22.3. The Labute approximate surface area is 99.1 Å². The Balaban J connectivity index is 2.26. The van der Waals surface area contributed by atoms with E-state index in [9.17, 15) is 8.42 Å². The first-order valence-electron chi connectivity index (χ1n) is 5.89. The number of hydrogen-bond acceptors (Lipinski definition) is 4. The molecule has 0 amide bonds. The summed E-state index contributed by atoms with van der Waals surface area (Å²) in [6, 6.07) is 1.01. The summed E-state index contributed by atoms with van der Waals surface area (Å²) in [5, 5.41) is 6.69. The molecule has 0 aliphatic heterocycles. The Morgan fingerprint density at radius 3 is 2.38 bits per heavy atom. The van der Waals surface area contributed by atoms with Crippen molar-refractivity contribution in [2.24, 2.45) is 0 Å². The molecule has 0 aromatic carbocycles. The SMILES string of the molecule is CC(CNC1CC1)NCC(C)(C)S(C)(=O)=O. The lowest BCUT2D eigenvalue weighted by Crippen LogP contribution is -2.47. The maximum absolute atomic E-state index is 11.5. The first kappa shape index (κ1) is 13.9. The van der Waals surface area contributed by atoms with Crippen molar-refractivity contribution in [3.8, 4) is 0 Å². The van der Waals surface area contributed by atoms with Crippen molar-refractivity contribution in [3.63, 3.8) is 0 Å². The standard InChI is InChI=1S/C11H24N2O2S/c1-9(7-12-10-5-6-10)13-8-11(2,3)16(4,14)15/h9-10,12-13H,5-8H2,1-4H3. The Morgan fingerprint density at radius 2 is 1.94 bits per heavy atom. The van der Waals surface area contributed by atoms with Crippen molar-refractivity contribution in [2.75, 3.05) is 19.3 Å². The number of nitrogens with one attached hydrogen (secondary N) is 2. The fraction of sp³-hybridized carbons (Fsp3) is 1.00. The van der Waals surface area contributed by atoms with E-state index in [1.165, 1.54) is 19.1 Å². The van der Waals surface area contributed by atoms with Gasteiger partial charge < -0.3 is 10.6 Å². The minimum atomic E-state index is -3.00. The van der Waals surface area contributed by atoms with Crippen LogP contribution in [0.15, 0.2) is 0 Å². The zero-order chi connectivity index (χ0) is 12.4. The molecule has 1 fully saturated rings. The van der Waals surface area contributed by atoms with Crippen molar-refractivity contribution < 1.29 is 8.42 Å². The third-order valence-corrected chi connectivity index (χ3v) is 5.32. The maximum atomic E-state index is 11.5. The van der Waals surface area contributed by atoms with E-state index in [1.807, 2.05) is 0 Å². The first-order chi connectivity index (χ1) is 7.22. The Kier molecular flexibility index (Phi) is 4.37. The molecule has 1 unspecified atom stereocenters. The molecule has 0 saturated heterocycles. The van der Waals surface area contributed by atoms with Crippen LogP contribution >= 0.6 is 0 Å². The third-order valence-electron chi connectivity index (χ3n) is 3.17. The van der Waals surface area contributed by atoms with Crippen LogP contribution in [0.4, 0.5) is 0 Å². The topological polar surface area (TPSA) is 58.2 Å². The molecule has 5 heteroatoms. The molecule has 1 rings (SSSR count). The van der Waals surface area contributed by atoms with Crippen molar-refractivity contribution >= 4 is 9.84 Å². The molecule has 0 heterocycles. The minimum Gasteiger partial charge on any atom is -0.312 e. The molecular formula is C11H24N2O2S. The third kappa shape index (κ3) is 4.39. The fourth-order valence-electron chi connectivity index (χ4n) is 1.25. The van der Waals surface area contributed by atoms with Crippen molar-refractivity contribution in [3.05, 3.63) is 0 Å². The lowest BCUT2D eigenvalue weighted by molar-refractivity contribution is 0.459. The molecular weight excluding hydrogens is 224 g/mol. The zero-order valence-electron chi connectivity index (χ0n) is 10.7. The van der Waals surface area contributed by atoms with Crippen LogP contribution in [0.5, 0.6) is 0 Å². The average Bonchev–Trinajstić information content (AvgIpc) is 2.93. The van der Waals surface area contributed by atoms with Gasteiger partial charge in [-0.1, -0.05) is 0 Å². The second-order valence-electron chi connectivity index (χ2n) is 5.50. The molecule has 0 aromatic heterocycles. The molecule has 2 N–H and O–H groups in total. The summed E-state index contributed by atoms with van der Waals surface area (Å²) in [6.45, 7) is 7.00. The van der Waals surface area contributed by atoms with E-state index in [0.29, 0.717) is 18.6 Å². The van der Waals surface area contributed by atoms with Crippen LogP contribution in [0.25, 0.3) is 0 Å². The normalized spacial score (nSPS) is 19.8. The smallest absolute Gasteiger partial charge is 0.153 e. The summed E-state index contributed by atoms with van der Waals surface area (Å²) in [6.07, 6.45) is 3.85. The highest BCUT2D eigenvalue weighted by molar-refractivity contribution is 7.92. The van der Waals surface area contributed by atoms with Crippen molar-refractivity contribution in [1.82, 2.24) is 10.6 Å². The van der Waals surface area contributed by atoms with Gasteiger partial charge in [-0.25, -0.2) is 8.42 Å². The van der Waals surface area contributed by atoms with Gasteiger partial charge in [-0.2, -0.15) is 0 Å². The minimum absolute atomic E-state index is 0.307. The number of sulfone groups is 1. The van der Waals surface area contributed by atoms with Gasteiger partial charge in [0.2, 0.25) is 0 Å². The first-order valence-corrected chi connectivity index (χ1v) is 7.78. The van der Waals surface area contributed by atoms with Crippen molar-refractivity contribution in [2.45, 2.75) is 50.4 Å². The van der Waals surface area contributed by atoms with Gasteiger partial charge in [0.25, 0.3) is 0 Å². The van der Waals surface area contributed by atoms with Crippen LogP contribution in [-0.4, -0.2) is 44.6 Å². The summed E-state index contributed by atoms with van der Waals surface area (Å²) in [4.78, 5) is 0. The summed E-state index contributed by atoms with van der Waals surface area (Å²) in [5.41, 5.74) is 0. The highest BCUT2D eigenvalue weighted by atomic mass is 32.2. The van der Waals surface area contributed by atoms with Crippen LogP contribution in [-0.2, 0) is 9.84 Å². The zero-order valence-corrected chi connectivity index (χ0v) is 11.5. The van der Waals surface area contributed by atoms with E-state index in [4.69, 9.17) is 0 Å². The molecule has 4 nitrogen and oxygen atoms in total. The summed E-state index contributed by atoms with van der Waals surface area (Å²) >= 11 is 0. The van der Waals surface area contributed by atoms with Gasteiger partial charge >= 0.3 is 0 Å². The van der Waals surface area contributed by atoms with E-state index in [0.717, 1.165) is 6.54 Å². The lowest BCUT2D eigenvalue weighted by Gasteiger charge is -2.25. The van der Waals surface area contributed by atoms with Crippen LogP contribution in [0.1, 0.15) is 33.6 Å². The van der Waals surface area contributed by atoms with Crippen LogP contribution in [0, 0.1) is 0 Å². The van der Waals surface area contributed by atoms with Gasteiger partial charge in [0.15, 0.2) is 9.84 Å². The predicted octanol–water partition coefficient (Wildman–Crippen LogP) is 0.540. The van der Waals surface area contributed by atoms with Gasteiger partial charge in [0.1, 0.15) is 0 Å².